The lowest BCUT2D eigenvalue weighted by Crippen LogP contribution is -2.52. The molecule has 1 fully saturated rings. The maximum Gasteiger partial charge on any atom is 0.241 e. The number of hydrogen-bond donors (Lipinski definition) is 1. The molecule has 1 saturated heterocycles. The number of pyridine rings is 1. The minimum atomic E-state index is -0.204. The molecule has 7 nitrogen and oxygen atoms in total. The molecule has 150 valence electrons. The van der Waals surface area contributed by atoms with Crippen molar-refractivity contribution in [3.05, 3.63) is 48.3 Å². The second-order valence-electron chi connectivity index (χ2n) is 6.87. The molecule has 1 aliphatic heterocycles. The number of carbonyl (C=O) groups excluding carboxylic acids is 1. The van der Waals surface area contributed by atoms with Gasteiger partial charge >= 0.3 is 0 Å². The van der Waals surface area contributed by atoms with Crippen molar-refractivity contribution in [3.63, 3.8) is 0 Å². The Hall–Kier alpha value is -2.64. The fourth-order valence-electron chi connectivity index (χ4n) is 3.36. The van der Waals surface area contributed by atoms with Crippen LogP contribution in [-0.2, 0) is 11.3 Å². The number of rotatable bonds is 7. The zero-order chi connectivity index (χ0) is 19.9. The van der Waals surface area contributed by atoms with Crippen LogP contribution in [0.4, 0.5) is 5.69 Å². The maximum atomic E-state index is 12.7. The third-order valence-electron chi connectivity index (χ3n) is 5.10. The molecule has 0 bridgehead atoms. The molecule has 1 N–H and O–H groups in total. The highest BCUT2D eigenvalue weighted by Crippen LogP contribution is 2.29. The van der Waals surface area contributed by atoms with Gasteiger partial charge in [-0.3, -0.25) is 19.6 Å². The number of nitrogens with zero attached hydrogens (tertiary/aromatic N) is 3. The summed E-state index contributed by atoms with van der Waals surface area (Å²) in [5.41, 5.74) is 1.78. The summed E-state index contributed by atoms with van der Waals surface area (Å²) in [6.07, 6.45) is 1.83. The normalized spacial score (nSPS) is 16.4. The first-order chi connectivity index (χ1) is 13.6. The molecule has 1 aromatic carbocycles. The van der Waals surface area contributed by atoms with E-state index in [1.54, 1.807) is 26.4 Å². The summed E-state index contributed by atoms with van der Waals surface area (Å²) in [6, 6.07) is 11.2. The predicted octanol–water partition coefficient (Wildman–Crippen LogP) is 2.24. The van der Waals surface area contributed by atoms with Crippen molar-refractivity contribution in [3.8, 4) is 11.5 Å². The van der Waals surface area contributed by atoms with Gasteiger partial charge in [-0.05, 0) is 31.2 Å². The fourth-order valence-corrected chi connectivity index (χ4v) is 3.36. The fraction of sp³-hybridized carbons (Fsp3) is 0.429. The highest BCUT2D eigenvalue weighted by atomic mass is 16.5. The van der Waals surface area contributed by atoms with Crippen LogP contribution in [0.5, 0.6) is 11.5 Å². The van der Waals surface area contributed by atoms with E-state index in [1.807, 2.05) is 37.4 Å². The topological polar surface area (TPSA) is 66.9 Å². The highest BCUT2D eigenvalue weighted by molar-refractivity contribution is 5.94. The first-order valence-electron chi connectivity index (χ1n) is 9.50. The summed E-state index contributed by atoms with van der Waals surface area (Å²) in [4.78, 5) is 21.7. The summed E-state index contributed by atoms with van der Waals surface area (Å²) in [7, 11) is 3.17. The monoisotopic (exact) mass is 384 g/mol. The van der Waals surface area contributed by atoms with Crippen LogP contribution in [0.3, 0.4) is 0 Å². The Morgan fingerprint density at radius 2 is 1.86 bits per heavy atom. The van der Waals surface area contributed by atoms with Crippen molar-refractivity contribution < 1.29 is 14.3 Å². The number of ether oxygens (including phenoxy) is 2. The largest absolute Gasteiger partial charge is 0.493 e. The van der Waals surface area contributed by atoms with Crippen molar-refractivity contribution in [2.75, 3.05) is 45.7 Å². The van der Waals surface area contributed by atoms with Gasteiger partial charge in [-0.15, -0.1) is 0 Å². The number of methoxy groups -OCH3 is 2. The van der Waals surface area contributed by atoms with Gasteiger partial charge in [-0.1, -0.05) is 6.07 Å². The molecule has 1 atom stereocenters. The van der Waals surface area contributed by atoms with Crippen molar-refractivity contribution in [2.24, 2.45) is 0 Å². The Labute approximate surface area is 166 Å². The standard InChI is InChI=1S/C21H28N4O3/c1-16(21(26)23-17-7-8-19(27-2)20(14-17)28-3)25-12-10-24(11-13-25)15-18-6-4-5-9-22-18/h4-9,14,16H,10-13,15H2,1-3H3,(H,23,26). The lowest BCUT2D eigenvalue weighted by Gasteiger charge is -2.37. The molecule has 1 aliphatic rings. The van der Waals surface area contributed by atoms with Gasteiger partial charge in [-0.2, -0.15) is 0 Å². The van der Waals surface area contributed by atoms with E-state index in [0.29, 0.717) is 17.2 Å². The van der Waals surface area contributed by atoms with Gasteiger partial charge in [0.15, 0.2) is 11.5 Å². The van der Waals surface area contributed by atoms with Crippen LogP contribution >= 0.6 is 0 Å². The van der Waals surface area contributed by atoms with Gasteiger partial charge in [0.1, 0.15) is 0 Å². The molecular formula is C21H28N4O3. The molecule has 0 radical (unpaired) electrons. The summed E-state index contributed by atoms with van der Waals surface area (Å²) in [6.45, 7) is 6.35. The summed E-state index contributed by atoms with van der Waals surface area (Å²) in [5.74, 6) is 1.21. The van der Waals surface area contributed by atoms with Crippen LogP contribution < -0.4 is 14.8 Å². The Morgan fingerprint density at radius 3 is 2.50 bits per heavy atom. The first kappa shape index (κ1) is 20.1. The molecule has 1 unspecified atom stereocenters. The van der Waals surface area contributed by atoms with E-state index >= 15 is 0 Å². The quantitative estimate of drug-likeness (QED) is 0.790. The van der Waals surface area contributed by atoms with Crippen LogP contribution in [-0.4, -0.2) is 67.1 Å². The van der Waals surface area contributed by atoms with Crippen LogP contribution in [0.15, 0.2) is 42.6 Å². The molecule has 0 spiro atoms. The Morgan fingerprint density at radius 1 is 1.11 bits per heavy atom. The Balaban J connectivity index is 1.52. The SMILES string of the molecule is COc1ccc(NC(=O)C(C)N2CCN(Cc3ccccn3)CC2)cc1OC. The summed E-state index contributed by atoms with van der Waals surface area (Å²) in [5, 5.41) is 2.98. The number of aromatic nitrogens is 1. The zero-order valence-corrected chi connectivity index (χ0v) is 16.7. The van der Waals surface area contributed by atoms with Gasteiger partial charge in [0.25, 0.3) is 0 Å². The molecule has 1 amide bonds. The molecule has 7 heteroatoms. The second kappa shape index (κ2) is 9.52. The zero-order valence-electron chi connectivity index (χ0n) is 16.7. The average molecular weight is 384 g/mol. The molecule has 0 aliphatic carbocycles. The van der Waals surface area contributed by atoms with Gasteiger partial charge in [-0.25, -0.2) is 0 Å². The summed E-state index contributed by atoms with van der Waals surface area (Å²) < 4.78 is 10.5. The number of anilines is 1. The van der Waals surface area contributed by atoms with E-state index in [4.69, 9.17) is 9.47 Å². The first-order valence-corrected chi connectivity index (χ1v) is 9.50. The number of amides is 1. The minimum Gasteiger partial charge on any atom is -0.493 e. The molecule has 28 heavy (non-hydrogen) atoms. The number of piperazine rings is 1. The van der Waals surface area contributed by atoms with E-state index in [0.717, 1.165) is 38.4 Å². The van der Waals surface area contributed by atoms with E-state index in [1.165, 1.54) is 0 Å². The van der Waals surface area contributed by atoms with Crippen LogP contribution in [0.2, 0.25) is 0 Å². The van der Waals surface area contributed by atoms with Crippen molar-refractivity contribution in [1.29, 1.82) is 0 Å². The molecule has 2 heterocycles. The molecule has 2 aromatic rings. The van der Waals surface area contributed by atoms with Crippen molar-refractivity contribution in [2.45, 2.75) is 19.5 Å². The lowest BCUT2D eigenvalue weighted by atomic mass is 10.2. The Bertz CT molecular complexity index is 776. The minimum absolute atomic E-state index is 0.0228. The Kier molecular flexibility index (Phi) is 6.84. The third kappa shape index (κ3) is 4.99. The number of benzene rings is 1. The summed E-state index contributed by atoms with van der Waals surface area (Å²) >= 11 is 0. The maximum absolute atomic E-state index is 12.7. The molecule has 1 aromatic heterocycles. The van der Waals surface area contributed by atoms with Crippen molar-refractivity contribution >= 4 is 11.6 Å². The third-order valence-corrected chi connectivity index (χ3v) is 5.10. The molecular weight excluding hydrogens is 356 g/mol. The van der Waals surface area contributed by atoms with E-state index in [9.17, 15) is 4.79 Å². The van der Waals surface area contributed by atoms with E-state index in [-0.39, 0.29) is 11.9 Å². The van der Waals surface area contributed by atoms with Gasteiger partial charge < -0.3 is 14.8 Å². The molecule has 0 saturated carbocycles. The van der Waals surface area contributed by atoms with Gasteiger partial charge in [0.2, 0.25) is 5.91 Å². The van der Waals surface area contributed by atoms with Gasteiger partial charge in [0, 0.05) is 50.7 Å². The van der Waals surface area contributed by atoms with Crippen LogP contribution in [0, 0.1) is 0 Å². The lowest BCUT2D eigenvalue weighted by molar-refractivity contribution is -0.121. The number of carbonyl (C=O) groups is 1. The molecule has 3 rings (SSSR count). The average Bonchev–Trinajstić information content (AvgIpc) is 2.74. The van der Waals surface area contributed by atoms with Gasteiger partial charge in [0.05, 0.1) is 26.0 Å². The predicted molar refractivity (Wildman–Crippen MR) is 109 cm³/mol. The number of nitrogens with one attached hydrogen (secondary N) is 1. The van der Waals surface area contributed by atoms with E-state index in [2.05, 4.69) is 20.1 Å². The van der Waals surface area contributed by atoms with Crippen LogP contribution in [0.1, 0.15) is 12.6 Å². The smallest absolute Gasteiger partial charge is 0.241 e. The van der Waals surface area contributed by atoms with Crippen LogP contribution in [0.25, 0.3) is 0 Å². The highest BCUT2D eigenvalue weighted by Gasteiger charge is 2.26. The second-order valence-corrected chi connectivity index (χ2v) is 6.87. The van der Waals surface area contributed by atoms with E-state index < -0.39 is 0 Å². The van der Waals surface area contributed by atoms with Crippen molar-refractivity contribution in [1.82, 2.24) is 14.8 Å². The number of hydrogen-bond acceptors (Lipinski definition) is 6.